The van der Waals surface area contributed by atoms with E-state index in [0.717, 1.165) is 0 Å². The molecule has 0 atom stereocenters. The van der Waals surface area contributed by atoms with Crippen LogP contribution in [0.1, 0.15) is 0 Å². The maximum atomic E-state index is 9.10. The van der Waals surface area contributed by atoms with Crippen molar-refractivity contribution >= 4 is 57.4 Å². The molecule has 5 nitrogen and oxygen atoms in total. The van der Waals surface area contributed by atoms with Crippen molar-refractivity contribution in [2.75, 3.05) is 0 Å². The third kappa shape index (κ3) is 9.63. The largest absolute Gasteiger partial charge is 0.473 e. The van der Waals surface area contributed by atoms with Gasteiger partial charge in [0.25, 0.3) is 0 Å². The molecule has 0 aromatic carbocycles. The summed E-state index contributed by atoms with van der Waals surface area (Å²) in [5, 5.41) is 14.8. The van der Waals surface area contributed by atoms with E-state index in [2.05, 4.69) is 0 Å². The maximum absolute atomic E-state index is 9.10. The number of aliphatic carboxylic acids is 2. The smallest absolute Gasteiger partial charge is 0.414 e. The van der Waals surface area contributed by atoms with Crippen LogP contribution in [0.15, 0.2) is 0 Å². The van der Waals surface area contributed by atoms with Crippen LogP contribution in [0.5, 0.6) is 0 Å². The van der Waals surface area contributed by atoms with Crippen LogP contribution in [0, 0.1) is 0 Å². The molecule has 2 radical (unpaired) electrons. The van der Waals surface area contributed by atoms with Crippen LogP contribution in [0.2, 0.25) is 0 Å². The van der Waals surface area contributed by atoms with Crippen molar-refractivity contribution in [3.05, 3.63) is 0 Å². The molecule has 0 saturated carbocycles. The first-order chi connectivity index (χ1) is 2.64. The Kier molecular flexibility index (Phi) is 14.5. The van der Waals surface area contributed by atoms with Crippen LogP contribution in [0.4, 0.5) is 0 Å². The molecular weight excluding hydrogens is 192 g/mol. The van der Waals surface area contributed by atoms with Gasteiger partial charge in [0.1, 0.15) is 0 Å². The second-order valence-electron chi connectivity index (χ2n) is 0.610. The second kappa shape index (κ2) is 7.38. The van der Waals surface area contributed by atoms with Crippen LogP contribution in [0.25, 0.3) is 0 Å². The van der Waals surface area contributed by atoms with Crippen molar-refractivity contribution in [3.63, 3.8) is 0 Å². The standard InChI is InChI=1S/C2H2O4.H2O.Sr/c3-1(4)2(5)6;;/h(H,3,4)(H,5,6);1H2;. The average molecular weight is 196 g/mol. The number of hydrogen-bond donors (Lipinski definition) is 2. The van der Waals surface area contributed by atoms with E-state index in [-0.39, 0.29) is 51.0 Å². The molecule has 0 rings (SSSR count). The molecule has 0 unspecified atom stereocenters. The van der Waals surface area contributed by atoms with Crippen molar-refractivity contribution < 1.29 is 25.3 Å². The van der Waals surface area contributed by atoms with E-state index in [1.54, 1.807) is 0 Å². The van der Waals surface area contributed by atoms with E-state index in [9.17, 15) is 0 Å². The Bertz CT molecular complexity index is 76.4. The van der Waals surface area contributed by atoms with Crippen molar-refractivity contribution in [2.45, 2.75) is 0 Å². The molecule has 0 amide bonds. The van der Waals surface area contributed by atoms with Gasteiger partial charge in [0.2, 0.25) is 0 Å². The summed E-state index contributed by atoms with van der Waals surface area (Å²) in [6, 6.07) is 0. The van der Waals surface area contributed by atoms with E-state index in [1.807, 2.05) is 0 Å². The topological polar surface area (TPSA) is 106 Å². The fourth-order valence-electron chi connectivity index (χ4n) is 0. The van der Waals surface area contributed by atoms with E-state index >= 15 is 0 Å². The average Bonchev–Trinajstić information content (AvgIpc) is 1.36. The molecule has 0 bridgehead atoms. The van der Waals surface area contributed by atoms with Crippen molar-refractivity contribution in [3.8, 4) is 0 Å². The summed E-state index contributed by atoms with van der Waals surface area (Å²) >= 11 is 0. The number of rotatable bonds is 0. The Hall–Kier alpha value is 0.381. The van der Waals surface area contributed by atoms with Gasteiger partial charge in [0.15, 0.2) is 0 Å². The zero-order valence-corrected chi connectivity index (χ0v) is 7.39. The predicted molar refractivity (Wildman–Crippen MR) is 24.6 cm³/mol. The van der Waals surface area contributed by atoms with Crippen molar-refractivity contribution in [2.24, 2.45) is 0 Å². The number of carboxylic acid groups (broad SMARTS) is 2. The van der Waals surface area contributed by atoms with Crippen LogP contribution in [-0.4, -0.2) is 73.1 Å². The van der Waals surface area contributed by atoms with Gasteiger partial charge in [0.05, 0.1) is 0 Å². The minimum atomic E-state index is -1.82. The molecular formula is C2H4O5Sr. The van der Waals surface area contributed by atoms with Crippen molar-refractivity contribution in [1.82, 2.24) is 0 Å². The molecule has 4 N–H and O–H groups in total. The molecule has 0 aliphatic rings. The van der Waals surface area contributed by atoms with Crippen molar-refractivity contribution in [1.29, 1.82) is 0 Å². The second-order valence-corrected chi connectivity index (χ2v) is 0.610. The molecule has 0 aliphatic carbocycles. The minimum Gasteiger partial charge on any atom is -0.473 e. The molecule has 0 aromatic heterocycles. The maximum Gasteiger partial charge on any atom is 0.414 e. The fraction of sp³-hybridized carbons (Fsp3) is 0. The zero-order valence-electron chi connectivity index (χ0n) is 3.92. The van der Waals surface area contributed by atoms with Crippen LogP contribution in [-0.2, 0) is 9.59 Å². The Morgan fingerprint density at radius 3 is 1.12 bits per heavy atom. The number of hydrogen-bond acceptors (Lipinski definition) is 2. The molecule has 6 heteroatoms. The zero-order chi connectivity index (χ0) is 5.15. The number of carbonyl (C=O) groups is 2. The normalized spacial score (nSPS) is 5.50. The van der Waals surface area contributed by atoms with E-state index in [0.29, 0.717) is 0 Å². The summed E-state index contributed by atoms with van der Waals surface area (Å²) in [5.41, 5.74) is 0. The van der Waals surface area contributed by atoms with Gasteiger partial charge in [-0.2, -0.15) is 0 Å². The molecule has 0 aromatic rings. The first-order valence-corrected chi connectivity index (χ1v) is 1.11. The molecule has 0 fully saturated rings. The van der Waals surface area contributed by atoms with Crippen LogP contribution < -0.4 is 0 Å². The Morgan fingerprint density at radius 2 is 1.12 bits per heavy atom. The Balaban J connectivity index is -0.000000125. The van der Waals surface area contributed by atoms with Gasteiger partial charge < -0.3 is 15.7 Å². The van der Waals surface area contributed by atoms with Gasteiger partial charge >= 0.3 is 11.9 Å². The third-order valence-corrected chi connectivity index (χ3v) is 0.183. The minimum absolute atomic E-state index is 0. The van der Waals surface area contributed by atoms with E-state index < -0.39 is 11.9 Å². The van der Waals surface area contributed by atoms with Gasteiger partial charge in [-0.15, -0.1) is 0 Å². The Labute approximate surface area is 81.9 Å². The molecule has 8 heavy (non-hydrogen) atoms. The summed E-state index contributed by atoms with van der Waals surface area (Å²) in [4.78, 5) is 18.2. The quantitative estimate of drug-likeness (QED) is 0.343. The molecule has 0 saturated heterocycles. The SMILES string of the molecule is O.O=C(O)C(=O)O.[Sr]. The van der Waals surface area contributed by atoms with Crippen LogP contribution in [0.3, 0.4) is 0 Å². The van der Waals surface area contributed by atoms with Gasteiger partial charge in [0, 0.05) is 45.5 Å². The predicted octanol–water partition coefficient (Wildman–Crippen LogP) is -2.05. The summed E-state index contributed by atoms with van der Waals surface area (Å²) in [5.74, 6) is -3.65. The van der Waals surface area contributed by atoms with Gasteiger partial charge in [-0.25, -0.2) is 9.59 Å². The first-order valence-electron chi connectivity index (χ1n) is 1.11. The van der Waals surface area contributed by atoms with Gasteiger partial charge in [-0.05, 0) is 0 Å². The molecule has 0 heterocycles. The summed E-state index contributed by atoms with van der Waals surface area (Å²) in [6.45, 7) is 0. The monoisotopic (exact) mass is 196 g/mol. The summed E-state index contributed by atoms with van der Waals surface area (Å²) in [7, 11) is 0. The summed E-state index contributed by atoms with van der Waals surface area (Å²) in [6.07, 6.45) is 0. The molecule has 44 valence electrons. The van der Waals surface area contributed by atoms with Crippen LogP contribution >= 0.6 is 0 Å². The number of carboxylic acids is 2. The third-order valence-electron chi connectivity index (χ3n) is 0.183. The molecule has 0 aliphatic heterocycles. The summed E-state index contributed by atoms with van der Waals surface area (Å²) < 4.78 is 0. The van der Waals surface area contributed by atoms with E-state index in [1.165, 1.54) is 0 Å². The van der Waals surface area contributed by atoms with Gasteiger partial charge in [-0.3, -0.25) is 0 Å². The van der Waals surface area contributed by atoms with Gasteiger partial charge in [-0.1, -0.05) is 0 Å². The van der Waals surface area contributed by atoms with E-state index in [4.69, 9.17) is 19.8 Å². The Morgan fingerprint density at radius 1 is 1.00 bits per heavy atom. The first kappa shape index (κ1) is 15.8. The molecule has 0 spiro atoms. The fourth-order valence-corrected chi connectivity index (χ4v) is 0.